The minimum absolute atomic E-state index is 0.524. The zero-order valence-corrected chi connectivity index (χ0v) is 10.5. The van der Waals surface area contributed by atoms with Gasteiger partial charge in [-0.3, -0.25) is 0 Å². The number of aryl methyl sites for hydroxylation is 1. The number of rotatable bonds is 6. The third-order valence-corrected chi connectivity index (χ3v) is 3.30. The molecule has 1 fully saturated rings. The van der Waals surface area contributed by atoms with Crippen molar-refractivity contribution in [2.24, 2.45) is 0 Å². The van der Waals surface area contributed by atoms with Crippen molar-refractivity contribution in [2.75, 3.05) is 33.2 Å². The van der Waals surface area contributed by atoms with Crippen LogP contribution in [0.1, 0.15) is 12.8 Å². The predicted molar refractivity (Wildman–Crippen MR) is 66.8 cm³/mol. The van der Waals surface area contributed by atoms with E-state index in [-0.39, 0.29) is 0 Å². The summed E-state index contributed by atoms with van der Waals surface area (Å²) >= 11 is 0. The molecule has 1 unspecified atom stereocenters. The third-order valence-electron chi connectivity index (χ3n) is 3.30. The zero-order chi connectivity index (χ0) is 12.1. The van der Waals surface area contributed by atoms with Gasteiger partial charge in [0.2, 0.25) is 0 Å². The lowest BCUT2D eigenvalue weighted by molar-refractivity contribution is 0.0279. The van der Waals surface area contributed by atoms with E-state index in [9.17, 15) is 5.11 Å². The monoisotopic (exact) mass is 238 g/mol. The average molecular weight is 238 g/mol. The molecule has 2 N–H and O–H groups in total. The van der Waals surface area contributed by atoms with Crippen molar-refractivity contribution in [1.29, 1.82) is 0 Å². The zero-order valence-electron chi connectivity index (χ0n) is 10.5. The lowest BCUT2D eigenvalue weighted by atomic mass is 10.0. The van der Waals surface area contributed by atoms with E-state index in [0.29, 0.717) is 0 Å². The van der Waals surface area contributed by atoms with Gasteiger partial charge >= 0.3 is 0 Å². The van der Waals surface area contributed by atoms with Crippen LogP contribution in [0.25, 0.3) is 0 Å². The molecular weight excluding hydrogens is 216 g/mol. The van der Waals surface area contributed by atoms with Gasteiger partial charge in [0.05, 0.1) is 11.9 Å². The van der Waals surface area contributed by atoms with E-state index in [1.165, 1.54) is 0 Å². The van der Waals surface area contributed by atoms with E-state index >= 15 is 0 Å². The maximum Gasteiger partial charge on any atom is 0.0945 e. The summed E-state index contributed by atoms with van der Waals surface area (Å²) in [4.78, 5) is 6.23. The molecule has 1 aliphatic heterocycles. The summed E-state index contributed by atoms with van der Waals surface area (Å²) in [7, 11) is 2.07. The Kier molecular flexibility index (Phi) is 4.15. The fourth-order valence-electron chi connectivity index (χ4n) is 2.39. The Morgan fingerprint density at radius 1 is 1.59 bits per heavy atom. The van der Waals surface area contributed by atoms with Gasteiger partial charge < -0.3 is 19.9 Å². The predicted octanol–water partition coefficient (Wildman–Crippen LogP) is -0.0706. The standard InChI is InChI=1S/C12H22N4O/c1-15(10-12(17)3-4-13-9-12)6-2-7-16-8-5-14-11-16/h5,8,11,13,17H,2-4,6-7,9-10H2,1H3. The quantitative estimate of drug-likeness (QED) is 0.728. The molecule has 5 heteroatoms. The topological polar surface area (TPSA) is 53.3 Å². The van der Waals surface area contributed by atoms with Gasteiger partial charge in [-0.25, -0.2) is 4.98 Å². The van der Waals surface area contributed by atoms with E-state index in [2.05, 4.69) is 26.8 Å². The average Bonchev–Trinajstić information content (AvgIpc) is 2.90. The van der Waals surface area contributed by atoms with E-state index in [0.717, 1.165) is 45.6 Å². The Morgan fingerprint density at radius 2 is 2.47 bits per heavy atom. The van der Waals surface area contributed by atoms with Crippen LogP contribution in [-0.2, 0) is 6.54 Å². The molecule has 0 spiro atoms. The molecular formula is C12H22N4O. The SMILES string of the molecule is CN(CCCn1ccnc1)CC1(O)CCNC1. The highest BCUT2D eigenvalue weighted by Crippen LogP contribution is 2.15. The first kappa shape index (κ1) is 12.5. The maximum atomic E-state index is 10.2. The molecule has 1 aromatic rings. The van der Waals surface area contributed by atoms with Gasteiger partial charge in [-0.1, -0.05) is 0 Å². The van der Waals surface area contributed by atoms with Gasteiger partial charge in [0.15, 0.2) is 0 Å². The third kappa shape index (κ3) is 3.80. The second-order valence-corrected chi connectivity index (χ2v) is 5.04. The van der Waals surface area contributed by atoms with E-state index < -0.39 is 5.60 Å². The van der Waals surface area contributed by atoms with Crippen molar-refractivity contribution in [1.82, 2.24) is 19.8 Å². The maximum absolute atomic E-state index is 10.2. The minimum Gasteiger partial charge on any atom is -0.387 e. The molecule has 0 saturated carbocycles. The highest BCUT2D eigenvalue weighted by atomic mass is 16.3. The van der Waals surface area contributed by atoms with Crippen LogP contribution in [0.15, 0.2) is 18.7 Å². The molecule has 0 amide bonds. The fraction of sp³-hybridized carbons (Fsp3) is 0.750. The molecule has 0 aromatic carbocycles. The van der Waals surface area contributed by atoms with Crippen molar-refractivity contribution in [3.8, 4) is 0 Å². The van der Waals surface area contributed by atoms with Crippen molar-refractivity contribution < 1.29 is 5.11 Å². The largest absolute Gasteiger partial charge is 0.387 e. The summed E-state index contributed by atoms with van der Waals surface area (Å²) in [6, 6.07) is 0. The fourth-order valence-corrected chi connectivity index (χ4v) is 2.39. The second-order valence-electron chi connectivity index (χ2n) is 5.04. The molecule has 17 heavy (non-hydrogen) atoms. The molecule has 2 rings (SSSR count). The molecule has 0 radical (unpaired) electrons. The lowest BCUT2D eigenvalue weighted by Crippen LogP contribution is -2.43. The Morgan fingerprint density at radius 3 is 3.12 bits per heavy atom. The van der Waals surface area contributed by atoms with Crippen LogP contribution in [-0.4, -0.2) is 58.4 Å². The molecule has 2 heterocycles. The Bertz CT molecular complexity index is 319. The number of hydrogen-bond donors (Lipinski definition) is 2. The summed E-state index contributed by atoms with van der Waals surface area (Å²) < 4.78 is 2.08. The van der Waals surface area contributed by atoms with Crippen LogP contribution in [0.2, 0.25) is 0 Å². The van der Waals surface area contributed by atoms with Gasteiger partial charge in [-0.05, 0) is 33.0 Å². The summed E-state index contributed by atoms with van der Waals surface area (Å²) in [6.45, 7) is 4.39. The smallest absolute Gasteiger partial charge is 0.0945 e. The molecule has 1 saturated heterocycles. The number of aromatic nitrogens is 2. The summed E-state index contributed by atoms with van der Waals surface area (Å²) in [5.41, 5.74) is -0.524. The van der Waals surface area contributed by atoms with Crippen molar-refractivity contribution in [3.63, 3.8) is 0 Å². The van der Waals surface area contributed by atoms with Crippen LogP contribution >= 0.6 is 0 Å². The number of β-amino-alcohol motifs (C(OH)–C–C–N with tert-alkyl or cyclic N) is 1. The van der Waals surface area contributed by atoms with Crippen molar-refractivity contribution in [3.05, 3.63) is 18.7 Å². The molecule has 0 aliphatic carbocycles. The molecule has 1 aliphatic rings. The molecule has 5 nitrogen and oxygen atoms in total. The Labute approximate surface area is 102 Å². The first-order chi connectivity index (χ1) is 8.18. The normalized spacial score (nSPS) is 24.6. The number of nitrogens with one attached hydrogen (secondary N) is 1. The van der Waals surface area contributed by atoms with Crippen LogP contribution < -0.4 is 5.32 Å². The second kappa shape index (κ2) is 5.62. The van der Waals surface area contributed by atoms with E-state index in [4.69, 9.17) is 0 Å². The molecule has 1 atom stereocenters. The van der Waals surface area contributed by atoms with E-state index in [1.807, 2.05) is 12.5 Å². The van der Waals surface area contributed by atoms with Gasteiger partial charge in [-0.2, -0.15) is 0 Å². The first-order valence-corrected chi connectivity index (χ1v) is 6.25. The van der Waals surface area contributed by atoms with Crippen molar-refractivity contribution >= 4 is 0 Å². The highest BCUT2D eigenvalue weighted by Gasteiger charge is 2.31. The number of nitrogens with zero attached hydrogens (tertiary/aromatic N) is 3. The summed E-state index contributed by atoms with van der Waals surface area (Å²) in [5, 5.41) is 13.4. The van der Waals surface area contributed by atoms with E-state index in [1.54, 1.807) is 6.20 Å². The highest BCUT2D eigenvalue weighted by molar-refractivity contribution is 4.89. The molecule has 96 valence electrons. The Balaban J connectivity index is 1.65. The number of likely N-dealkylation sites (N-methyl/N-ethyl adjacent to an activating group) is 1. The lowest BCUT2D eigenvalue weighted by Gasteiger charge is -2.27. The number of aliphatic hydroxyl groups is 1. The van der Waals surface area contributed by atoms with Gasteiger partial charge in [0.1, 0.15) is 0 Å². The van der Waals surface area contributed by atoms with Crippen LogP contribution in [0.5, 0.6) is 0 Å². The van der Waals surface area contributed by atoms with Crippen LogP contribution in [0.3, 0.4) is 0 Å². The minimum atomic E-state index is -0.524. The number of imidazole rings is 1. The number of hydrogen-bond acceptors (Lipinski definition) is 4. The van der Waals surface area contributed by atoms with Gasteiger partial charge in [-0.15, -0.1) is 0 Å². The van der Waals surface area contributed by atoms with Gasteiger partial charge in [0.25, 0.3) is 0 Å². The summed E-state index contributed by atoms with van der Waals surface area (Å²) in [6.07, 6.45) is 7.56. The van der Waals surface area contributed by atoms with Crippen molar-refractivity contribution in [2.45, 2.75) is 25.0 Å². The molecule has 0 bridgehead atoms. The molecule has 1 aromatic heterocycles. The Hall–Kier alpha value is -0.910. The van der Waals surface area contributed by atoms with Gasteiger partial charge in [0, 0.05) is 32.0 Å². The first-order valence-electron chi connectivity index (χ1n) is 6.25. The van der Waals surface area contributed by atoms with Crippen LogP contribution in [0.4, 0.5) is 0 Å². The summed E-state index contributed by atoms with van der Waals surface area (Å²) in [5.74, 6) is 0. The van der Waals surface area contributed by atoms with Crippen LogP contribution in [0, 0.1) is 0 Å².